The average Bonchev–Trinajstić information content (AvgIpc) is 3.16. The summed E-state index contributed by atoms with van der Waals surface area (Å²) < 4.78 is 2.72. The number of rotatable bonds is 5. The summed E-state index contributed by atoms with van der Waals surface area (Å²) in [6.07, 6.45) is 1.76. The molecule has 0 unspecified atom stereocenters. The van der Waals surface area contributed by atoms with Gasteiger partial charge in [-0.3, -0.25) is 15.7 Å². The molecule has 0 spiro atoms. The Morgan fingerprint density at radius 1 is 1.03 bits per heavy atom. The van der Waals surface area contributed by atoms with E-state index < -0.39 is 0 Å². The van der Waals surface area contributed by atoms with Gasteiger partial charge in [-0.25, -0.2) is 9.78 Å². The summed E-state index contributed by atoms with van der Waals surface area (Å²) in [5.74, 6) is 0.166. The molecular formula is C25H24N7O2+. The van der Waals surface area contributed by atoms with Crippen LogP contribution in [-0.2, 0) is 13.2 Å². The molecule has 1 aromatic carbocycles. The molecular weight excluding hydrogens is 430 g/mol. The van der Waals surface area contributed by atoms with Crippen LogP contribution < -0.4 is 16.4 Å². The molecule has 0 saturated carbocycles. The van der Waals surface area contributed by atoms with Crippen LogP contribution in [0.2, 0.25) is 0 Å². The van der Waals surface area contributed by atoms with Gasteiger partial charge >= 0.3 is 11.6 Å². The number of nitrogens with zero attached hydrogens (tertiary/aromatic N) is 5. The number of aromatic amines is 1. The molecule has 9 nitrogen and oxygen atoms in total. The second-order valence-corrected chi connectivity index (χ2v) is 8.20. The van der Waals surface area contributed by atoms with Crippen molar-refractivity contribution in [1.82, 2.24) is 24.1 Å². The fourth-order valence-corrected chi connectivity index (χ4v) is 4.05. The Labute approximate surface area is 195 Å². The van der Waals surface area contributed by atoms with Crippen molar-refractivity contribution in [3.8, 4) is 22.4 Å². The van der Waals surface area contributed by atoms with Gasteiger partial charge in [0.05, 0.1) is 30.1 Å². The number of anilines is 1. The molecule has 0 aliphatic rings. The molecule has 0 saturated heterocycles. The molecule has 5 aromatic rings. The first-order chi connectivity index (χ1) is 16.4. The Kier molecular flexibility index (Phi) is 5.39. The number of aliphatic hydroxyl groups excluding tert-OH is 1. The number of hydrogen-bond acceptors (Lipinski definition) is 6. The topological polar surface area (TPSA) is 125 Å². The predicted molar refractivity (Wildman–Crippen MR) is 128 cm³/mol. The minimum absolute atomic E-state index is 0.166. The Balaban J connectivity index is 1.81. The monoisotopic (exact) mass is 454 g/mol. The summed E-state index contributed by atoms with van der Waals surface area (Å²) in [7, 11) is 0. The Morgan fingerprint density at radius 2 is 1.82 bits per heavy atom. The van der Waals surface area contributed by atoms with Crippen molar-refractivity contribution in [3.05, 3.63) is 93.9 Å². The number of nitrogen functional groups attached to an aromatic ring is 1. The minimum Gasteiger partial charge on any atom is -0.390 e. The Bertz CT molecular complexity index is 1560. The third kappa shape index (κ3) is 3.82. The van der Waals surface area contributed by atoms with Gasteiger partial charge in [-0.05, 0) is 43.2 Å². The quantitative estimate of drug-likeness (QED) is 0.419. The van der Waals surface area contributed by atoms with Crippen LogP contribution in [-0.4, -0.2) is 29.3 Å². The third-order valence-corrected chi connectivity index (χ3v) is 5.61. The van der Waals surface area contributed by atoms with E-state index >= 15 is 0 Å². The van der Waals surface area contributed by atoms with Crippen LogP contribution in [0.4, 0.5) is 5.95 Å². The first-order valence-corrected chi connectivity index (χ1v) is 10.8. The van der Waals surface area contributed by atoms with Crippen molar-refractivity contribution in [2.75, 3.05) is 5.73 Å². The molecule has 9 heteroatoms. The summed E-state index contributed by atoms with van der Waals surface area (Å²) in [6.45, 7) is 3.82. The lowest BCUT2D eigenvalue weighted by Gasteiger charge is -2.10. The molecule has 0 fully saturated rings. The van der Waals surface area contributed by atoms with Gasteiger partial charge in [0.2, 0.25) is 5.65 Å². The van der Waals surface area contributed by atoms with Gasteiger partial charge in [0, 0.05) is 17.5 Å². The summed E-state index contributed by atoms with van der Waals surface area (Å²) >= 11 is 0. The number of aryl methyl sites for hydroxylation is 2. The van der Waals surface area contributed by atoms with Crippen LogP contribution in [0.1, 0.15) is 22.6 Å². The summed E-state index contributed by atoms with van der Waals surface area (Å²) in [6, 6.07) is 17.2. The molecule has 0 atom stereocenters. The third-order valence-electron chi connectivity index (χ3n) is 5.61. The Morgan fingerprint density at radius 3 is 2.53 bits per heavy atom. The molecule has 34 heavy (non-hydrogen) atoms. The number of hydrogen-bond donors (Lipinski definition) is 2. The zero-order valence-electron chi connectivity index (χ0n) is 18.9. The van der Waals surface area contributed by atoms with E-state index in [4.69, 9.17) is 5.73 Å². The van der Waals surface area contributed by atoms with Crippen LogP contribution in [0.15, 0.2) is 65.6 Å². The number of nitrogens with two attached hydrogens (primary N) is 1. The predicted octanol–water partition coefficient (Wildman–Crippen LogP) is 2.17. The van der Waals surface area contributed by atoms with Gasteiger partial charge in [-0.1, -0.05) is 36.4 Å². The van der Waals surface area contributed by atoms with E-state index in [1.807, 2.05) is 62.4 Å². The SMILES string of the molecule is Cc1ccc(Cn2nc3c(-c4cc(C)nc(CO)c4)c(-c4ccccc4)[nH+]c(N)n3c2=O)nc1. The van der Waals surface area contributed by atoms with E-state index in [2.05, 4.69) is 20.1 Å². The summed E-state index contributed by atoms with van der Waals surface area (Å²) in [5, 5.41) is 14.4. The van der Waals surface area contributed by atoms with Crippen LogP contribution in [0.3, 0.4) is 0 Å². The number of benzene rings is 1. The molecule has 5 rings (SSSR count). The highest BCUT2D eigenvalue weighted by Crippen LogP contribution is 2.33. The fourth-order valence-electron chi connectivity index (χ4n) is 4.05. The molecule has 0 aliphatic carbocycles. The van der Waals surface area contributed by atoms with E-state index in [1.165, 1.54) is 9.08 Å². The van der Waals surface area contributed by atoms with Crippen molar-refractivity contribution in [3.63, 3.8) is 0 Å². The van der Waals surface area contributed by atoms with Crippen molar-refractivity contribution < 1.29 is 10.1 Å². The van der Waals surface area contributed by atoms with Crippen LogP contribution >= 0.6 is 0 Å². The number of aliphatic hydroxyl groups is 1. The number of fused-ring (bicyclic) bond motifs is 1. The molecule has 4 aromatic heterocycles. The second-order valence-electron chi connectivity index (χ2n) is 8.20. The van der Waals surface area contributed by atoms with Crippen molar-refractivity contribution >= 4 is 11.6 Å². The van der Waals surface area contributed by atoms with E-state index in [9.17, 15) is 9.90 Å². The minimum atomic E-state index is -0.375. The summed E-state index contributed by atoms with van der Waals surface area (Å²) in [4.78, 5) is 25.3. The fraction of sp³-hybridized carbons (Fsp3) is 0.160. The van der Waals surface area contributed by atoms with Gasteiger partial charge in [-0.2, -0.15) is 4.68 Å². The second kappa shape index (κ2) is 8.53. The van der Waals surface area contributed by atoms with Crippen molar-refractivity contribution in [2.45, 2.75) is 27.0 Å². The number of nitrogens with one attached hydrogen (secondary N) is 1. The van der Waals surface area contributed by atoms with Gasteiger partial charge < -0.3 is 5.11 Å². The number of aromatic nitrogens is 6. The number of pyridine rings is 2. The average molecular weight is 455 g/mol. The molecule has 0 bridgehead atoms. The molecule has 0 radical (unpaired) electrons. The highest BCUT2D eigenvalue weighted by atomic mass is 16.3. The molecule has 4 N–H and O–H groups in total. The maximum atomic E-state index is 13.3. The lowest BCUT2D eigenvalue weighted by molar-refractivity contribution is -0.351. The van der Waals surface area contributed by atoms with E-state index in [0.717, 1.165) is 22.4 Å². The standard InChI is InChI=1S/C25H23N7O2/c1-15-8-9-19(27-12-15)13-31-25(34)32-23(30-31)21(18-10-16(2)28-20(11-18)14-33)22(29-24(32)26)17-6-4-3-5-7-17/h3-12,33H,13-14H2,1-2H3,(H2,26,29)/p+1. The zero-order valence-corrected chi connectivity index (χ0v) is 18.9. The largest absolute Gasteiger partial charge is 0.411 e. The Hall–Kier alpha value is -4.37. The molecule has 0 aliphatic heterocycles. The van der Waals surface area contributed by atoms with E-state index in [0.29, 0.717) is 28.3 Å². The van der Waals surface area contributed by atoms with Gasteiger partial charge in [0.25, 0.3) is 0 Å². The van der Waals surface area contributed by atoms with Gasteiger partial charge in [-0.15, -0.1) is 9.50 Å². The smallest absolute Gasteiger partial charge is 0.390 e. The molecule has 0 amide bonds. The lowest BCUT2D eigenvalue weighted by atomic mass is 9.99. The number of H-pyrrole nitrogens is 1. The van der Waals surface area contributed by atoms with Gasteiger partial charge in [0.15, 0.2) is 0 Å². The normalized spacial score (nSPS) is 11.3. The summed E-state index contributed by atoms with van der Waals surface area (Å²) in [5.41, 5.74) is 12.4. The molecule has 4 heterocycles. The van der Waals surface area contributed by atoms with E-state index in [1.54, 1.807) is 12.3 Å². The van der Waals surface area contributed by atoms with Crippen LogP contribution in [0.25, 0.3) is 28.0 Å². The zero-order chi connectivity index (χ0) is 23.8. The highest BCUT2D eigenvalue weighted by Gasteiger charge is 2.26. The van der Waals surface area contributed by atoms with Gasteiger partial charge in [0.1, 0.15) is 5.69 Å². The first kappa shape index (κ1) is 21.5. The van der Waals surface area contributed by atoms with Crippen molar-refractivity contribution in [2.24, 2.45) is 0 Å². The highest BCUT2D eigenvalue weighted by molar-refractivity contribution is 5.88. The maximum absolute atomic E-state index is 13.3. The lowest BCUT2D eigenvalue weighted by Crippen LogP contribution is -2.28. The van der Waals surface area contributed by atoms with Crippen molar-refractivity contribution in [1.29, 1.82) is 0 Å². The van der Waals surface area contributed by atoms with E-state index in [-0.39, 0.29) is 24.8 Å². The van der Waals surface area contributed by atoms with Crippen LogP contribution in [0.5, 0.6) is 0 Å². The van der Waals surface area contributed by atoms with Crippen LogP contribution in [0, 0.1) is 13.8 Å². The maximum Gasteiger partial charge on any atom is 0.411 e. The molecule has 170 valence electrons. The first-order valence-electron chi connectivity index (χ1n) is 10.8.